The number of nitrogens with zero attached hydrogens (tertiary/aromatic N) is 1. The highest BCUT2D eigenvalue weighted by Gasteiger charge is 2.19. The van der Waals surface area contributed by atoms with E-state index in [1.807, 2.05) is 0 Å². The molecule has 0 saturated carbocycles. The third-order valence-electron chi connectivity index (χ3n) is 1.74. The molecular weight excluding hydrogens is 196 g/mol. The van der Waals surface area contributed by atoms with Gasteiger partial charge in [-0.3, -0.25) is 0 Å². The summed E-state index contributed by atoms with van der Waals surface area (Å²) in [6.07, 6.45) is 0. The number of aromatic carboxylic acids is 1. The molecule has 0 unspecified atom stereocenters. The Morgan fingerprint density at radius 1 is 1.43 bits per heavy atom. The molecule has 1 aromatic heterocycles. The molecule has 1 aromatic carbocycles. The third kappa shape index (κ3) is 1.04. The van der Waals surface area contributed by atoms with Crippen LogP contribution in [0.25, 0.3) is 11.0 Å². The maximum atomic E-state index is 13.0. The largest absolute Gasteiger partial charge is 0.476 e. The van der Waals surface area contributed by atoms with Gasteiger partial charge in [-0.25, -0.2) is 9.18 Å². The van der Waals surface area contributed by atoms with E-state index in [1.165, 1.54) is 0 Å². The second-order valence-electron chi connectivity index (χ2n) is 2.57. The second-order valence-corrected chi connectivity index (χ2v) is 2.57. The van der Waals surface area contributed by atoms with Gasteiger partial charge in [-0.1, -0.05) is 5.16 Å². The predicted molar refractivity (Wildman–Crippen MR) is 40.9 cm³/mol. The van der Waals surface area contributed by atoms with Crippen LogP contribution in [0.2, 0.25) is 0 Å². The molecule has 0 fully saturated rings. The number of carboxylic acids is 1. The lowest BCUT2D eigenvalue weighted by Crippen LogP contribution is -1.96. The van der Waals surface area contributed by atoms with Crippen LogP contribution in [0, 0.1) is 11.6 Å². The maximum absolute atomic E-state index is 13.0. The summed E-state index contributed by atoms with van der Waals surface area (Å²) < 4.78 is 30.0. The molecule has 72 valence electrons. The van der Waals surface area contributed by atoms with E-state index >= 15 is 0 Å². The van der Waals surface area contributed by atoms with Crippen LogP contribution in [0.3, 0.4) is 0 Å². The van der Waals surface area contributed by atoms with E-state index in [2.05, 4.69) is 9.68 Å². The summed E-state index contributed by atoms with van der Waals surface area (Å²) in [5, 5.41) is 11.6. The first-order valence-corrected chi connectivity index (χ1v) is 3.58. The van der Waals surface area contributed by atoms with E-state index in [9.17, 15) is 13.6 Å². The molecule has 1 heterocycles. The highest BCUT2D eigenvalue weighted by molar-refractivity contribution is 6.00. The highest BCUT2D eigenvalue weighted by Crippen LogP contribution is 2.23. The monoisotopic (exact) mass is 199 g/mol. The van der Waals surface area contributed by atoms with Gasteiger partial charge in [0.05, 0.1) is 5.39 Å². The molecule has 0 atom stereocenters. The minimum atomic E-state index is -1.35. The summed E-state index contributed by atoms with van der Waals surface area (Å²) in [4.78, 5) is 10.5. The van der Waals surface area contributed by atoms with Gasteiger partial charge in [0.25, 0.3) is 0 Å². The van der Waals surface area contributed by atoms with Crippen molar-refractivity contribution in [3.05, 3.63) is 29.5 Å². The average molecular weight is 199 g/mol. The number of carboxylic acid groups (broad SMARTS) is 1. The Kier molecular flexibility index (Phi) is 1.70. The molecule has 0 spiro atoms. The fraction of sp³-hybridized carbons (Fsp3) is 0. The summed E-state index contributed by atoms with van der Waals surface area (Å²) in [6.45, 7) is 0. The van der Waals surface area contributed by atoms with Gasteiger partial charge in [0.2, 0.25) is 11.4 Å². The minimum Gasteiger partial charge on any atom is -0.476 e. The molecule has 0 saturated heterocycles. The van der Waals surface area contributed by atoms with Crippen LogP contribution in [0.4, 0.5) is 8.78 Å². The molecule has 2 aromatic rings. The van der Waals surface area contributed by atoms with Crippen molar-refractivity contribution in [2.24, 2.45) is 0 Å². The van der Waals surface area contributed by atoms with Gasteiger partial charge in [-0.2, -0.15) is 4.39 Å². The van der Waals surface area contributed by atoms with Crippen molar-refractivity contribution in [1.82, 2.24) is 5.16 Å². The van der Waals surface area contributed by atoms with E-state index in [1.54, 1.807) is 0 Å². The summed E-state index contributed by atoms with van der Waals surface area (Å²) in [5.41, 5.74) is -0.915. The standard InChI is InChI=1S/C8H3F2NO3/c9-4-2-1-3-6(8(12)13)11-14-7(3)5(4)10/h1-2H,(H,12,13). The molecule has 2 rings (SSSR count). The van der Waals surface area contributed by atoms with Crippen LogP contribution in [0.1, 0.15) is 10.5 Å². The number of hydrogen-bond donors (Lipinski definition) is 1. The fourth-order valence-corrected chi connectivity index (χ4v) is 1.10. The van der Waals surface area contributed by atoms with Gasteiger partial charge < -0.3 is 9.63 Å². The Morgan fingerprint density at radius 3 is 2.79 bits per heavy atom. The van der Waals surface area contributed by atoms with Crippen LogP contribution in [0.5, 0.6) is 0 Å². The lowest BCUT2D eigenvalue weighted by Gasteiger charge is -1.91. The Labute approximate surface area is 75.7 Å². The van der Waals surface area contributed by atoms with E-state index in [0.717, 1.165) is 12.1 Å². The number of hydrogen-bond acceptors (Lipinski definition) is 3. The van der Waals surface area contributed by atoms with Gasteiger partial charge in [0.15, 0.2) is 11.5 Å². The van der Waals surface area contributed by atoms with Crippen LogP contribution in [0.15, 0.2) is 16.7 Å². The molecule has 0 bridgehead atoms. The Hall–Kier alpha value is -1.98. The first kappa shape index (κ1) is 8.61. The molecule has 0 aliphatic heterocycles. The van der Waals surface area contributed by atoms with Gasteiger partial charge in [0, 0.05) is 0 Å². The normalized spacial score (nSPS) is 10.7. The van der Waals surface area contributed by atoms with Crippen LogP contribution >= 0.6 is 0 Å². The quantitative estimate of drug-likeness (QED) is 0.760. The van der Waals surface area contributed by atoms with Gasteiger partial charge in [-0.15, -0.1) is 0 Å². The first-order chi connectivity index (χ1) is 6.61. The fourth-order valence-electron chi connectivity index (χ4n) is 1.10. The second kappa shape index (κ2) is 2.76. The van der Waals surface area contributed by atoms with Gasteiger partial charge in [-0.05, 0) is 12.1 Å². The topological polar surface area (TPSA) is 63.3 Å². The van der Waals surface area contributed by atoms with E-state index in [4.69, 9.17) is 5.11 Å². The number of halogens is 2. The molecular formula is C8H3F2NO3. The van der Waals surface area contributed by atoms with Crippen molar-refractivity contribution < 1.29 is 23.2 Å². The number of aromatic nitrogens is 1. The van der Waals surface area contributed by atoms with Crippen molar-refractivity contribution >= 4 is 16.9 Å². The Morgan fingerprint density at radius 2 is 2.14 bits per heavy atom. The SMILES string of the molecule is O=C(O)c1noc2c(F)c(F)ccc12. The highest BCUT2D eigenvalue weighted by atomic mass is 19.2. The van der Waals surface area contributed by atoms with E-state index < -0.39 is 28.9 Å². The molecule has 4 nitrogen and oxygen atoms in total. The zero-order valence-corrected chi connectivity index (χ0v) is 6.62. The maximum Gasteiger partial charge on any atom is 0.358 e. The van der Waals surface area contributed by atoms with Crippen molar-refractivity contribution in [3.63, 3.8) is 0 Å². The lowest BCUT2D eigenvalue weighted by atomic mass is 10.2. The number of benzene rings is 1. The Bertz CT molecular complexity index is 521. The summed E-state index contributed by atoms with van der Waals surface area (Å²) >= 11 is 0. The molecule has 0 aliphatic rings. The smallest absolute Gasteiger partial charge is 0.358 e. The first-order valence-electron chi connectivity index (χ1n) is 3.58. The molecule has 0 radical (unpaired) electrons. The van der Waals surface area contributed by atoms with Crippen LogP contribution < -0.4 is 0 Å². The molecule has 1 N–H and O–H groups in total. The van der Waals surface area contributed by atoms with E-state index in [-0.39, 0.29) is 5.39 Å². The van der Waals surface area contributed by atoms with Crippen molar-refractivity contribution in [3.8, 4) is 0 Å². The zero-order valence-electron chi connectivity index (χ0n) is 6.62. The van der Waals surface area contributed by atoms with Crippen molar-refractivity contribution in [2.45, 2.75) is 0 Å². The van der Waals surface area contributed by atoms with Crippen molar-refractivity contribution in [1.29, 1.82) is 0 Å². The average Bonchev–Trinajstić information content (AvgIpc) is 2.55. The number of rotatable bonds is 1. The summed E-state index contributed by atoms with van der Waals surface area (Å²) in [7, 11) is 0. The molecule has 0 aliphatic carbocycles. The summed E-state index contributed by atoms with van der Waals surface area (Å²) in [6, 6.07) is 1.93. The third-order valence-corrected chi connectivity index (χ3v) is 1.74. The lowest BCUT2D eigenvalue weighted by molar-refractivity contribution is 0.0688. The summed E-state index contributed by atoms with van der Waals surface area (Å²) in [5.74, 6) is -3.69. The number of carbonyl (C=O) groups is 1. The van der Waals surface area contributed by atoms with Crippen LogP contribution in [-0.4, -0.2) is 16.2 Å². The molecule has 6 heteroatoms. The van der Waals surface area contributed by atoms with Gasteiger partial charge in [0.1, 0.15) is 0 Å². The van der Waals surface area contributed by atoms with Crippen LogP contribution in [-0.2, 0) is 0 Å². The molecule has 0 amide bonds. The van der Waals surface area contributed by atoms with E-state index in [0.29, 0.717) is 0 Å². The number of fused-ring (bicyclic) bond motifs is 1. The zero-order chi connectivity index (χ0) is 10.3. The Balaban J connectivity index is 2.83. The van der Waals surface area contributed by atoms with Crippen molar-refractivity contribution in [2.75, 3.05) is 0 Å². The minimum absolute atomic E-state index is 0.0589. The predicted octanol–water partition coefficient (Wildman–Crippen LogP) is 1.80. The molecule has 14 heavy (non-hydrogen) atoms. The van der Waals surface area contributed by atoms with Gasteiger partial charge >= 0.3 is 5.97 Å².